The van der Waals surface area contributed by atoms with Crippen LogP contribution in [0.4, 0.5) is 4.39 Å². The lowest BCUT2D eigenvalue weighted by Gasteiger charge is -2.16. The fraction of sp³-hybridized carbons (Fsp3) is 0.200. The van der Waals surface area contributed by atoms with E-state index in [1.165, 1.54) is 51.4 Å². The zero-order valence-corrected chi connectivity index (χ0v) is 17.3. The second-order valence-corrected chi connectivity index (χ2v) is 9.08. The Morgan fingerprint density at radius 3 is 2.23 bits per heavy atom. The smallest absolute Gasteiger partial charge is 0.377 e. The fourth-order valence-corrected chi connectivity index (χ4v) is 4.88. The summed E-state index contributed by atoms with van der Waals surface area (Å²) in [5, 5.41) is 19.2. The van der Waals surface area contributed by atoms with Crippen LogP contribution in [0.5, 0.6) is 0 Å². The molecule has 0 spiro atoms. The Bertz CT molecular complexity index is 1270. The molecule has 3 aromatic rings. The van der Waals surface area contributed by atoms with Gasteiger partial charge in [-0.15, -0.1) is 4.65 Å². The molecule has 1 aromatic heterocycles. The van der Waals surface area contributed by atoms with E-state index >= 15 is 0 Å². The number of hydrogen-bond acceptors (Lipinski definition) is 5. The quantitative estimate of drug-likeness (QED) is 0.362. The van der Waals surface area contributed by atoms with Crippen LogP contribution in [0.15, 0.2) is 47.4 Å². The molecule has 0 atom stereocenters. The first kappa shape index (κ1) is 21.6. The Kier molecular flexibility index (Phi) is 5.27. The van der Waals surface area contributed by atoms with Crippen LogP contribution in [-0.2, 0) is 21.2 Å². The summed E-state index contributed by atoms with van der Waals surface area (Å²) in [5.74, 6) is -2.41. The number of halogens is 1. The molecule has 0 saturated carbocycles. The van der Waals surface area contributed by atoms with Crippen molar-refractivity contribution in [2.24, 2.45) is 0 Å². The lowest BCUT2D eigenvalue weighted by Crippen LogP contribution is -2.41. The summed E-state index contributed by atoms with van der Waals surface area (Å²) in [4.78, 5) is 23.3. The highest BCUT2D eigenvalue weighted by Gasteiger charge is 2.29. The maximum atomic E-state index is 13.8. The average Bonchev–Trinajstić information content (AvgIpc) is 2.92. The fourth-order valence-electron chi connectivity index (χ4n) is 3.30. The van der Waals surface area contributed by atoms with Gasteiger partial charge in [0.05, 0.1) is 22.4 Å². The van der Waals surface area contributed by atoms with Crippen LogP contribution in [0.3, 0.4) is 0 Å². The number of fused-ring (bicyclic) bond motifs is 1. The van der Waals surface area contributed by atoms with Gasteiger partial charge in [0.1, 0.15) is 19.9 Å². The number of hydroxylamine groups is 3. The predicted octanol–water partition coefficient (Wildman–Crippen LogP) is 2.56. The third-order valence-electron chi connectivity index (χ3n) is 4.71. The molecule has 10 heteroatoms. The van der Waals surface area contributed by atoms with E-state index in [9.17, 15) is 32.7 Å². The number of carboxylic acids is 1. The molecule has 0 aliphatic rings. The van der Waals surface area contributed by atoms with E-state index in [4.69, 9.17) is 0 Å². The standard InChI is InChI=1S/C20H19FN2O6S/c1-12-16(11-19(24)25)17-10-14(21)6-9-18(17)22(12)30(28,29)15-7-4-13(5-8-15)20(26)23(2,3)27/h4-10,27H,11H2,1-3H3/p+1. The summed E-state index contributed by atoms with van der Waals surface area (Å²) in [6.07, 6.45) is -0.467. The first-order valence-electron chi connectivity index (χ1n) is 8.82. The van der Waals surface area contributed by atoms with Gasteiger partial charge in [0.2, 0.25) is 0 Å². The van der Waals surface area contributed by atoms with Gasteiger partial charge in [0.25, 0.3) is 10.0 Å². The number of quaternary nitrogens is 1. The molecule has 0 aliphatic heterocycles. The summed E-state index contributed by atoms with van der Waals surface area (Å²) in [6, 6.07) is 8.50. The zero-order chi connectivity index (χ0) is 22.4. The second kappa shape index (κ2) is 7.31. The molecule has 30 heavy (non-hydrogen) atoms. The van der Waals surface area contributed by atoms with Gasteiger partial charge in [-0.3, -0.25) is 4.79 Å². The topological polar surface area (TPSA) is 114 Å². The number of hydrogen-bond donors (Lipinski definition) is 2. The molecule has 2 aromatic carbocycles. The van der Waals surface area contributed by atoms with E-state index in [0.29, 0.717) is 0 Å². The van der Waals surface area contributed by atoms with Crippen molar-refractivity contribution in [1.29, 1.82) is 0 Å². The summed E-state index contributed by atoms with van der Waals surface area (Å²) >= 11 is 0. The van der Waals surface area contributed by atoms with E-state index in [2.05, 4.69) is 0 Å². The Balaban J connectivity index is 2.19. The van der Waals surface area contributed by atoms with Crippen LogP contribution in [0, 0.1) is 12.7 Å². The lowest BCUT2D eigenvalue weighted by molar-refractivity contribution is -1.00. The monoisotopic (exact) mass is 435 g/mol. The Morgan fingerprint density at radius 2 is 1.70 bits per heavy atom. The molecule has 0 unspecified atom stereocenters. The van der Waals surface area contributed by atoms with E-state index in [1.807, 2.05) is 0 Å². The number of nitrogens with zero attached hydrogens (tertiary/aromatic N) is 2. The van der Waals surface area contributed by atoms with Crippen molar-refractivity contribution in [3.05, 3.63) is 65.1 Å². The van der Waals surface area contributed by atoms with Crippen LogP contribution in [0.1, 0.15) is 21.6 Å². The van der Waals surface area contributed by atoms with Crippen molar-refractivity contribution < 1.29 is 37.4 Å². The van der Waals surface area contributed by atoms with E-state index in [0.717, 1.165) is 16.1 Å². The normalized spacial score (nSPS) is 12.3. The van der Waals surface area contributed by atoms with E-state index in [1.54, 1.807) is 0 Å². The zero-order valence-electron chi connectivity index (χ0n) is 16.5. The Hall–Kier alpha value is -3.08. The highest BCUT2D eigenvalue weighted by molar-refractivity contribution is 7.90. The maximum absolute atomic E-state index is 13.8. The third kappa shape index (κ3) is 3.72. The molecule has 0 aliphatic carbocycles. The van der Waals surface area contributed by atoms with Crippen molar-refractivity contribution in [3.63, 3.8) is 0 Å². The van der Waals surface area contributed by atoms with Gasteiger partial charge in [-0.1, -0.05) is 0 Å². The first-order valence-corrected chi connectivity index (χ1v) is 10.3. The van der Waals surface area contributed by atoms with Gasteiger partial charge in [-0.25, -0.2) is 26.8 Å². The molecule has 0 radical (unpaired) electrons. The number of amides is 1. The number of carbonyl (C=O) groups is 2. The molecule has 0 bridgehead atoms. The second-order valence-electron chi connectivity index (χ2n) is 7.29. The maximum Gasteiger partial charge on any atom is 0.377 e. The van der Waals surface area contributed by atoms with E-state index in [-0.39, 0.29) is 32.6 Å². The van der Waals surface area contributed by atoms with Crippen LogP contribution in [0.2, 0.25) is 0 Å². The molecule has 0 saturated heterocycles. The molecule has 3 rings (SSSR count). The minimum absolute atomic E-state index is 0.115. The predicted molar refractivity (Wildman–Crippen MR) is 105 cm³/mol. The van der Waals surface area contributed by atoms with Crippen LogP contribution in [-0.4, -0.2) is 53.3 Å². The molecule has 8 nitrogen and oxygen atoms in total. The van der Waals surface area contributed by atoms with Gasteiger partial charge >= 0.3 is 11.9 Å². The highest BCUT2D eigenvalue weighted by atomic mass is 32.2. The highest BCUT2D eigenvalue weighted by Crippen LogP contribution is 2.31. The Labute approximate surface area is 172 Å². The SMILES string of the molecule is Cc1c(CC(=O)O)c2cc(F)ccc2n1S(=O)(=O)c1ccc(C(=O)[N+](C)(C)O)cc1. The summed E-state index contributed by atoms with van der Waals surface area (Å²) < 4.78 is 40.4. The third-order valence-corrected chi connectivity index (χ3v) is 6.53. The molecule has 158 valence electrons. The minimum Gasteiger partial charge on any atom is -0.481 e. The van der Waals surface area contributed by atoms with Gasteiger partial charge < -0.3 is 5.11 Å². The molecular formula is C20H20FN2O6S+. The molecule has 1 heterocycles. The van der Waals surface area contributed by atoms with Gasteiger partial charge in [0.15, 0.2) is 0 Å². The molecule has 1 amide bonds. The lowest BCUT2D eigenvalue weighted by atomic mass is 10.1. The summed E-state index contributed by atoms with van der Waals surface area (Å²) in [6.45, 7) is 1.46. The van der Waals surface area contributed by atoms with Crippen molar-refractivity contribution in [2.45, 2.75) is 18.2 Å². The number of rotatable bonds is 5. The summed E-state index contributed by atoms with van der Waals surface area (Å²) in [5.41, 5.74) is 0.626. The van der Waals surface area contributed by atoms with Crippen LogP contribution in [0.25, 0.3) is 10.9 Å². The van der Waals surface area contributed by atoms with Crippen molar-refractivity contribution in [1.82, 2.24) is 3.97 Å². The number of aliphatic carboxylic acids is 1. The van der Waals surface area contributed by atoms with Crippen molar-refractivity contribution >= 4 is 32.8 Å². The number of benzene rings is 2. The number of carboxylic acid groups (broad SMARTS) is 1. The van der Waals surface area contributed by atoms with Crippen LogP contribution < -0.4 is 0 Å². The largest absolute Gasteiger partial charge is 0.481 e. The van der Waals surface area contributed by atoms with Crippen LogP contribution >= 0.6 is 0 Å². The minimum atomic E-state index is -4.18. The summed E-state index contributed by atoms with van der Waals surface area (Å²) in [7, 11) is -1.64. The van der Waals surface area contributed by atoms with Crippen molar-refractivity contribution in [2.75, 3.05) is 14.1 Å². The van der Waals surface area contributed by atoms with Gasteiger partial charge in [-0.2, -0.15) is 0 Å². The van der Waals surface area contributed by atoms with Gasteiger partial charge in [0, 0.05) is 11.1 Å². The average molecular weight is 435 g/mol. The van der Waals surface area contributed by atoms with Gasteiger partial charge in [-0.05, 0) is 55.0 Å². The molecular weight excluding hydrogens is 415 g/mol. The first-order chi connectivity index (χ1) is 13.8. The molecule has 2 N–H and O–H groups in total. The number of aromatic nitrogens is 1. The Morgan fingerprint density at radius 1 is 1.10 bits per heavy atom. The number of carbonyl (C=O) groups excluding carboxylic acids is 1. The van der Waals surface area contributed by atoms with E-state index < -0.39 is 38.8 Å². The van der Waals surface area contributed by atoms with Crippen molar-refractivity contribution in [3.8, 4) is 0 Å². The molecule has 0 fully saturated rings.